The molecule has 17 heavy (non-hydrogen) atoms. The number of anilines is 2. The van der Waals surface area contributed by atoms with E-state index in [1.165, 1.54) is 0 Å². The molecule has 2 rings (SSSR count). The first-order valence-corrected chi connectivity index (χ1v) is 7.44. The molecule has 1 heterocycles. The van der Waals surface area contributed by atoms with E-state index in [0.29, 0.717) is 5.69 Å². The van der Waals surface area contributed by atoms with Crippen molar-refractivity contribution in [3.8, 4) is 0 Å². The van der Waals surface area contributed by atoms with E-state index in [9.17, 15) is 4.79 Å². The Kier molecular flexibility index (Phi) is 3.99. The summed E-state index contributed by atoms with van der Waals surface area (Å²) in [5.41, 5.74) is 7.34. The number of thioether (sulfide) groups is 1. The molecule has 0 bridgehead atoms. The zero-order chi connectivity index (χ0) is 12.4. The van der Waals surface area contributed by atoms with Crippen molar-refractivity contribution in [1.82, 2.24) is 0 Å². The van der Waals surface area contributed by atoms with Crippen molar-refractivity contribution >= 4 is 45.0 Å². The third kappa shape index (κ3) is 2.77. The molecule has 1 amide bonds. The number of nitrogens with zero attached hydrogens (tertiary/aromatic N) is 1. The lowest BCUT2D eigenvalue weighted by atomic mass is 10.1. The van der Waals surface area contributed by atoms with Crippen molar-refractivity contribution in [2.24, 2.45) is 5.92 Å². The van der Waals surface area contributed by atoms with Crippen molar-refractivity contribution in [2.45, 2.75) is 6.42 Å². The first-order valence-electron chi connectivity index (χ1n) is 5.50. The number of hydrogen-bond acceptors (Lipinski definition) is 3. The monoisotopic (exact) mass is 314 g/mol. The van der Waals surface area contributed by atoms with Gasteiger partial charge < -0.3 is 10.6 Å². The molecule has 92 valence electrons. The van der Waals surface area contributed by atoms with Crippen molar-refractivity contribution in [2.75, 3.05) is 29.2 Å². The predicted octanol–water partition coefficient (Wildman–Crippen LogP) is 2.75. The molecule has 1 atom stereocenters. The van der Waals surface area contributed by atoms with E-state index in [-0.39, 0.29) is 11.8 Å². The molecule has 0 radical (unpaired) electrons. The normalized spacial score (nSPS) is 19.3. The Labute approximate surface area is 114 Å². The maximum absolute atomic E-state index is 12.2. The zero-order valence-corrected chi connectivity index (χ0v) is 12.1. The zero-order valence-electron chi connectivity index (χ0n) is 9.65. The highest BCUT2D eigenvalue weighted by atomic mass is 79.9. The fourth-order valence-electron chi connectivity index (χ4n) is 1.95. The van der Waals surface area contributed by atoms with Gasteiger partial charge in [-0.25, -0.2) is 0 Å². The second-order valence-corrected chi connectivity index (χ2v) is 6.23. The van der Waals surface area contributed by atoms with Gasteiger partial charge in [0.25, 0.3) is 0 Å². The van der Waals surface area contributed by atoms with Crippen LogP contribution in [0.2, 0.25) is 0 Å². The van der Waals surface area contributed by atoms with Crippen molar-refractivity contribution < 1.29 is 4.79 Å². The molecule has 5 heteroatoms. The molecule has 1 aliphatic heterocycles. The van der Waals surface area contributed by atoms with Gasteiger partial charge in [-0.15, -0.1) is 0 Å². The van der Waals surface area contributed by atoms with E-state index in [1.807, 2.05) is 30.0 Å². The highest BCUT2D eigenvalue weighted by molar-refractivity contribution is 9.10. The number of rotatable bonds is 2. The highest BCUT2D eigenvalue weighted by Gasteiger charge is 2.27. The smallest absolute Gasteiger partial charge is 0.230 e. The summed E-state index contributed by atoms with van der Waals surface area (Å²) < 4.78 is 0.927. The van der Waals surface area contributed by atoms with Gasteiger partial charge in [-0.3, -0.25) is 4.79 Å². The highest BCUT2D eigenvalue weighted by Crippen LogP contribution is 2.30. The first kappa shape index (κ1) is 12.8. The van der Waals surface area contributed by atoms with Crippen LogP contribution >= 0.6 is 27.7 Å². The van der Waals surface area contributed by atoms with Gasteiger partial charge in [-0.1, -0.05) is 15.9 Å². The lowest BCUT2D eigenvalue weighted by molar-refractivity contribution is -0.121. The lowest BCUT2D eigenvalue weighted by Crippen LogP contribution is -2.33. The topological polar surface area (TPSA) is 46.3 Å². The lowest BCUT2D eigenvalue weighted by Gasteiger charge is -2.22. The molecule has 1 saturated heterocycles. The van der Waals surface area contributed by atoms with E-state index in [4.69, 9.17) is 5.73 Å². The second kappa shape index (κ2) is 5.31. The number of hydrogen-bond donors (Lipinski definition) is 1. The van der Waals surface area contributed by atoms with Gasteiger partial charge in [0, 0.05) is 23.2 Å². The summed E-state index contributed by atoms with van der Waals surface area (Å²) >= 11 is 5.21. The quantitative estimate of drug-likeness (QED) is 0.854. The van der Waals surface area contributed by atoms with Gasteiger partial charge in [-0.2, -0.15) is 11.8 Å². The molecular weight excluding hydrogens is 300 g/mol. The van der Waals surface area contributed by atoms with Crippen LogP contribution in [0.1, 0.15) is 6.42 Å². The number of amides is 1. The third-order valence-electron chi connectivity index (χ3n) is 2.96. The minimum Gasteiger partial charge on any atom is -0.397 e. The van der Waals surface area contributed by atoms with Crippen LogP contribution in [0.4, 0.5) is 11.4 Å². The summed E-state index contributed by atoms with van der Waals surface area (Å²) in [7, 11) is 1.80. The van der Waals surface area contributed by atoms with E-state index < -0.39 is 0 Å². The number of nitrogens with two attached hydrogens (primary N) is 1. The Morgan fingerprint density at radius 3 is 2.94 bits per heavy atom. The Bertz CT molecular complexity index is 433. The molecule has 1 aliphatic rings. The Morgan fingerprint density at radius 1 is 1.59 bits per heavy atom. The van der Waals surface area contributed by atoms with Crippen LogP contribution in [0.25, 0.3) is 0 Å². The molecule has 0 saturated carbocycles. The van der Waals surface area contributed by atoms with Gasteiger partial charge >= 0.3 is 0 Å². The van der Waals surface area contributed by atoms with Crippen LogP contribution in [-0.4, -0.2) is 24.5 Å². The minimum atomic E-state index is 0.146. The molecular formula is C12H15BrN2OS. The van der Waals surface area contributed by atoms with Crippen LogP contribution in [0.15, 0.2) is 22.7 Å². The van der Waals surface area contributed by atoms with Crippen molar-refractivity contribution in [1.29, 1.82) is 0 Å². The maximum Gasteiger partial charge on any atom is 0.230 e. The van der Waals surface area contributed by atoms with Crippen LogP contribution < -0.4 is 10.6 Å². The molecule has 2 N–H and O–H groups in total. The summed E-state index contributed by atoms with van der Waals surface area (Å²) in [6.45, 7) is 0. The molecule has 1 aromatic carbocycles. The summed E-state index contributed by atoms with van der Waals surface area (Å²) in [6, 6.07) is 5.60. The number of halogens is 1. The standard InChI is InChI=1S/C12H15BrN2OS/c1-15(12(16)8-4-5-17-7-8)11-3-2-9(13)6-10(11)14/h2-3,6,8H,4-5,7,14H2,1H3. The Morgan fingerprint density at radius 2 is 2.35 bits per heavy atom. The van der Waals surface area contributed by atoms with Gasteiger partial charge in [0.05, 0.1) is 11.4 Å². The maximum atomic E-state index is 12.2. The van der Waals surface area contributed by atoms with Gasteiger partial charge in [0.2, 0.25) is 5.91 Å². The molecule has 1 unspecified atom stereocenters. The van der Waals surface area contributed by atoms with Crippen LogP contribution in [0, 0.1) is 5.92 Å². The average molecular weight is 315 g/mol. The van der Waals surface area contributed by atoms with Gasteiger partial charge in [-0.05, 0) is 30.4 Å². The molecule has 0 aliphatic carbocycles. The van der Waals surface area contributed by atoms with Crippen LogP contribution in [0.3, 0.4) is 0 Å². The van der Waals surface area contributed by atoms with Gasteiger partial charge in [0.1, 0.15) is 0 Å². The van der Waals surface area contributed by atoms with Crippen molar-refractivity contribution in [3.05, 3.63) is 22.7 Å². The van der Waals surface area contributed by atoms with E-state index in [1.54, 1.807) is 11.9 Å². The Hall–Kier alpha value is -0.680. The fourth-order valence-corrected chi connectivity index (χ4v) is 3.54. The number of nitrogen functional groups attached to an aromatic ring is 1. The molecule has 0 aromatic heterocycles. The van der Waals surface area contributed by atoms with Crippen LogP contribution in [0.5, 0.6) is 0 Å². The molecule has 1 fully saturated rings. The summed E-state index contributed by atoms with van der Waals surface area (Å²) in [4.78, 5) is 13.9. The summed E-state index contributed by atoms with van der Waals surface area (Å²) in [5.74, 6) is 2.33. The first-order chi connectivity index (χ1) is 8.09. The predicted molar refractivity (Wildman–Crippen MR) is 77.4 cm³/mol. The summed E-state index contributed by atoms with van der Waals surface area (Å²) in [5, 5.41) is 0. The third-order valence-corrected chi connectivity index (χ3v) is 4.62. The van der Waals surface area contributed by atoms with E-state index in [0.717, 1.165) is 28.1 Å². The number of carbonyl (C=O) groups is 1. The summed E-state index contributed by atoms with van der Waals surface area (Å²) in [6.07, 6.45) is 0.976. The molecule has 0 spiro atoms. The van der Waals surface area contributed by atoms with Crippen LogP contribution in [-0.2, 0) is 4.79 Å². The van der Waals surface area contributed by atoms with Gasteiger partial charge in [0.15, 0.2) is 0 Å². The largest absolute Gasteiger partial charge is 0.397 e. The molecule has 3 nitrogen and oxygen atoms in total. The van der Waals surface area contributed by atoms with Crippen molar-refractivity contribution in [3.63, 3.8) is 0 Å². The average Bonchev–Trinajstić information content (AvgIpc) is 2.80. The van der Waals surface area contributed by atoms with E-state index >= 15 is 0 Å². The minimum absolute atomic E-state index is 0.146. The SMILES string of the molecule is CN(C(=O)C1CCSC1)c1ccc(Br)cc1N. The number of benzene rings is 1. The second-order valence-electron chi connectivity index (χ2n) is 4.16. The Balaban J connectivity index is 2.18. The molecule has 1 aromatic rings. The number of carbonyl (C=O) groups excluding carboxylic acids is 1. The fraction of sp³-hybridized carbons (Fsp3) is 0.417. The van der Waals surface area contributed by atoms with E-state index in [2.05, 4.69) is 15.9 Å².